The van der Waals surface area contributed by atoms with Crippen molar-refractivity contribution in [2.45, 2.75) is 0 Å². The predicted octanol–water partition coefficient (Wildman–Crippen LogP) is 2.52. The molecule has 5 nitrogen and oxygen atoms in total. The normalized spacial score (nSPS) is 10.1. The van der Waals surface area contributed by atoms with Crippen LogP contribution in [0.3, 0.4) is 0 Å². The minimum Gasteiger partial charge on any atom is -0.507 e. The van der Waals surface area contributed by atoms with Gasteiger partial charge in [0.25, 0.3) is 0 Å². The summed E-state index contributed by atoms with van der Waals surface area (Å²) >= 11 is 11.5. The molecule has 0 atom stereocenters. The molecule has 0 amide bonds. The monoisotopic (exact) mass is 281 g/mol. The van der Waals surface area contributed by atoms with Gasteiger partial charge in [0.05, 0.1) is 15.6 Å². The van der Waals surface area contributed by atoms with Gasteiger partial charge in [0.1, 0.15) is 17.5 Å². The third kappa shape index (κ3) is 2.16. The molecular formula is C11H5Cl2N3O2. The van der Waals surface area contributed by atoms with E-state index < -0.39 is 5.78 Å². The molecule has 7 heteroatoms. The van der Waals surface area contributed by atoms with Crippen LogP contribution in [0.1, 0.15) is 21.7 Å². The second-order valence-corrected chi connectivity index (χ2v) is 4.21. The molecule has 0 spiro atoms. The van der Waals surface area contributed by atoms with Crippen LogP contribution in [0.15, 0.2) is 18.2 Å². The summed E-state index contributed by atoms with van der Waals surface area (Å²) in [6, 6.07) is 5.50. The molecule has 0 radical (unpaired) electrons. The van der Waals surface area contributed by atoms with Crippen LogP contribution < -0.4 is 0 Å². The van der Waals surface area contributed by atoms with Crippen molar-refractivity contribution < 1.29 is 9.90 Å². The van der Waals surface area contributed by atoms with Crippen LogP contribution in [0.2, 0.25) is 10.0 Å². The average Bonchev–Trinajstić information content (AvgIpc) is 2.81. The first kappa shape index (κ1) is 12.4. The van der Waals surface area contributed by atoms with Crippen LogP contribution in [0, 0.1) is 11.3 Å². The van der Waals surface area contributed by atoms with Crippen molar-refractivity contribution in [2.75, 3.05) is 0 Å². The van der Waals surface area contributed by atoms with Gasteiger partial charge < -0.3 is 5.11 Å². The largest absolute Gasteiger partial charge is 0.507 e. The number of nitriles is 1. The topological polar surface area (TPSA) is 89.8 Å². The predicted molar refractivity (Wildman–Crippen MR) is 64.9 cm³/mol. The summed E-state index contributed by atoms with van der Waals surface area (Å²) in [6.45, 7) is 0. The van der Waals surface area contributed by atoms with Crippen molar-refractivity contribution in [1.29, 1.82) is 5.26 Å². The number of hydrogen-bond acceptors (Lipinski definition) is 4. The molecule has 0 saturated heterocycles. The van der Waals surface area contributed by atoms with Crippen molar-refractivity contribution in [1.82, 2.24) is 10.2 Å². The summed E-state index contributed by atoms with van der Waals surface area (Å²) in [5.74, 6) is -0.817. The van der Waals surface area contributed by atoms with Crippen molar-refractivity contribution in [3.05, 3.63) is 45.2 Å². The SMILES string of the molecule is N#Cc1cc(C(=O)c2cc(Cl)c(Cl)cc2O)[nH]n1. The Balaban J connectivity index is 2.46. The van der Waals surface area contributed by atoms with E-state index in [-0.39, 0.29) is 32.7 Å². The van der Waals surface area contributed by atoms with Gasteiger partial charge in [-0.15, -0.1) is 0 Å². The van der Waals surface area contributed by atoms with Crippen LogP contribution in [-0.2, 0) is 0 Å². The number of ketones is 1. The maximum atomic E-state index is 12.0. The van der Waals surface area contributed by atoms with Gasteiger partial charge >= 0.3 is 0 Å². The number of carbonyl (C=O) groups excluding carboxylic acids is 1. The number of aromatic hydroxyl groups is 1. The quantitative estimate of drug-likeness (QED) is 0.828. The van der Waals surface area contributed by atoms with Crippen molar-refractivity contribution in [3.63, 3.8) is 0 Å². The van der Waals surface area contributed by atoms with Gasteiger partial charge in [-0.25, -0.2) is 0 Å². The summed E-state index contributed by atoms with van der Waals surface area (Å²) in [6.07, 6.45) is 0. The van der Waals surface area contributed by atoms with Crippen LogP contribution in [0.5, 0.6) is 5.75 Å². The van der Waals surface area contributed by atoms with Crippen LogP contribution >= 0.6 is 23.2 Å². The van der Waals surface area contributed by atoms with Gasteiger partial charge in [-0.3, -0.25) is 9.89 Å². The zero-order valence-electron chi connectivity index (χ0n) is 8.74. The molecule has 0 aliphatic carbocycles. The standard InChI is InChI=1S/C11H5Cl2N3O2/c12-7-2-6(10(17)3-8(7)13)11(18)9-1-5(4-14)15-16-9/h1-3,17H,(H,15,16). The Labute approximate surface area is 112 Å². The number of hydrogen-bond donors (Lipinski definition) is 2. The highest BCUT2D eigenvalue weighted by atomic mass is 35.5. The second-order valence-electron chi connectivity index (χ2n) is 3.39. The lowest BCUT2D eigenvalue weighted by Crippen LogP contribution is -2.02. The Bertz CT molecular complexity index is 673. The fourth-order valence-electron chi connectivity index (χ4n) is 1.36. The molecule has 0 unspecified atom stereocenters. The fourth-order valence-corrected chi connectivity index (χ4v) is 1.68. The van der Waals surface area contributed by atoms with Crippen LogP contribution in [-0.4, -0.2) is 21.1 Å². The van der Waals surface area contributed by atoms with Gasteiger partial charge in [-0.2, -0.15) is 10.4 Å². The summed E-state index contributed by atoms with van der Waals surface area (Å²) in [5, 5.41) is 24.6. The molecule has 1 aromatic heterocycles. The number of H-pyrrole nitrogens is 1. The van der Waals surface area contributed by atoms with Gasteiger partial charge in [0.15, 0.2) is 5.69 Å². The average molecular weight is 282 g/mol. The highest BCUT2D eigenvalue weighted by Gasteiger charge is 2.18. The number of aromatic nitrogens is 2. The molecule has 0 saturated carbocycles. The maximum Gasteiger partial charge on any atom is 0.214 e. The van der Waals surface area contributed by atoms with Gasteiger partial charge in [0.2, 0.25) is 5.78 Å². The van der Waals surface area contributed by atoms with E-state index in [4.69, 9.17) is 28.5 Å². The van der Waals surface area contributed by atoms with E-state index in [9.17, 15) is 9.90 Å². The lowest BCUT2D eigenvalue weighted by molar-refractivity contribution is 0.103. The van der Waals surface area contributed by atoms with Crippen LogP contribution in [0.4, 0.5) is 0 Å². The molecule has 90 valence electrons. The van der Waals surface area contributed by atoms with Gasteiger partial charge in [-0.1, -0.05) is 23.2 Å². The Morgan fingerprint density at radius 3 is 2.61 bits per heavy atom. The minimum absolute atomic E-state index is 0.0162. The maximum absolute atomic E-state index is 12.0. The van der Waals surface area contributed by atoms with E-state index in [0.717, 1.165) is 0 Å². The smallest absolute Gasteiger partial charge is 0.214 e. The van der Waals surface area contributed by atoms with Crippen molar-refractivity contribution in [2.24, 2.45) is 0 Å². The zero-order chi connectivity index (χ0) is 13.3. The Morgan fingerprint density at radius 1 is 1.33 bits per heavy atom. The number of rotatable bonds is 2. The molecule has 18 heavy (non-hydrogen) atoms. The lowest BCUT2D eigenvalue weighted by atomic mass is 10.1. The molecule has 1 aromatic carbocycles. The first-order valence-corrected chi connectivity index (χ1v) is 5.46. The number of carbonyl (C=O) groups is 1. The lowest BCUT2D eigenvalue weighted by Gasteiger charge is -2.04. The number of phenolic OH excluding ortho intramolecular Hbond substituents is 1. The molecular weight excluding hydrogens is 277 g/mol. The summed E-state index contributed by atoms with van der Waals surface area (Å²) < 4.78 is 0. The van der Waals surface area contributed by atoms with E-state index >= 15 is 0 Å². The molecule has 0 fully saturated rings. The molecule has 2 N–H and O–H groups in total. The van der Waals surface area contributed by atoms with Crippen molar-refractivity contribution in [3.8, 4) is 11.8 Å². The van der Waals surface area contributed by atoms with Crippen LogP contribution in [0.25, 0.3) is 0 Å². The highest BCUT2D eigenvalue weighted by molar-refractivity contribution is 6.42. The van der Waals surface area contributed by atoms with E-state index in [0.29, 0.717) is 0 Å². The third-order valence-corrected chi connectivity index (χ3v) is 2.94. The Kier molecular flexibility index (Phi) is 3.24. The molecule has 0 aliphatic heterocycles. The Hall–Kier alpha value is -2.03. The Morgan fingerprint density at radius 2 is 2.00 bits per heavy atom. The second kappa shape index (κ2) is 4.69. The number of benzene rings is 1. The number of phenols is 1. The van der Waals surface area contributed by atoms with Gasteiger partial charge in [-0.05, 0) is 6.07 Å². The zero-order valence-corrected chi connectivity index (χ0v) is 10.2. The van der Waals surface area contributed by atoms with E-state index in [2.05, 4.69) is 10.2 Å². The first-order valence-electron chi connectivity index (χ1n) is 4.71. The summed E-state index contributed by atoms with van der Waals surface area (Å²) in [7, 11) is 0. The minimum atomic E-state index is -0.528. The number of halogens is 2. The molecule has 2 aromatic rings. The molecule has 1 heterocycles. The molecule has 0 aliphatic rings. The summed E-state index contributed by atoms with van der Waals surface area (Å²) in [5.41, 5.74) is 0.149. The number of nitrogens with one attached hydrogen (secondary N) is 1. The summed E-state index contributed by atoms with van der Waals surface area (Å²) in [4.78, 5) is 12.0. The van der Waals surface area contributed by atoms with Gasteiger partial charge in [0, 0.05) is 12.1 Å². The van der Waals surface area contributed by atoms with E-state index in [1.807, 2.05) is 0 Å². The third-order valence-electron chi connectivity index (χ3n) is 2.22. The number of nitrogens with zero attached hydrogens (tertiary/aromatic N) is 2. The van der Waals surface area contributed by atoms with Crippen molar-refractivity contribution >= 4 is 29.0 Å². The molecule has 2 rings (SSSR count). The van der Waals surface area contributed by atoms with E-state index in [1.54, 1.807) is 6.07 Å². The van der Waals surface area contributed by atoms with E-state index in [1.165, 1.54) is 18.2 Å². The first-order chi connectivity index (χ1) is 8.52. The highest BCUT2D eigenvalue weighted by Crippen LogP contribution is 2.30. The fraction of sp³-hybridized carbons (Fsp3) is 0. The molecule has 0 bridgehead atoms. The number of aromatic amines is 1.